The molecule has 0 aliphatic heterocycles. The number of carbonyl (C=O) groups excluding carboxylic acids is 2. The highest BCUT2D eigenvalue weighted by molar-refractivity contribution is 6.39. The quantitative estimate of drug-likeness (QED) is 0.639. The first-order chi connectivity index (χ1) is 10.6. The third kappa shape index (κ3) is 4.52. The molecule has 0 atom stereocenters. The van der Waals surface area contributed by atoms with Crippen molar-refractivity contribution in [2.45, 2.75) is 13.0 Å². The van der Waals surface area contributed by atoms with Crippen LogP contribution in [0.1, 0.15) is 6.42 Å². The molecule has 1 aromatic carbocycles. The second-order valence-electron chi connectivity index (χ2n) is 4.35. The third-order valence-electron chi connectivity index (χ3n) is 2.70. The molecule has 0 bridgehead atoms. The number of benzene rings is 1. The fourth-order valence-electron chi connectivity index (χ4n) is 1.64. The van der Waals surface area contributed by atoms with Crippen LogP contribution in [-0.2, 0) is 16.1 Å². The Morgan fingerprint density at radius 3 is 2.86 bits per heavy atom. The topological polar surface area (TPSA) is 88.9 Å². The molecule has 0 spiro atoms. The van der Waals surface area contributed by atoms with Crippen molar-refractivity contribution >= 4 is 29.1 Å². The summed E-state index contributed by atoms with van der Waals surface area (Å²) in [5.41, 5.74) is -0.143. The monoisotopic (exact) mass is 325 g/mol. The number of rotatable bonds is 5. The van der Waals surface area contributed by atoms with Crippen LogP contribution >= 0.6 is 11.6 Å². The van der Waals surface area contributed by atoms with Crippen LogP contribution < -0.4 is 10.6 Å². The van der Waals surface area contributed by atoms with Crippen LogP contribution in [0.2, 0.25) is 5.02 Å². The standard InChI is InChI=1S/C13H13ClFN5O2/c14-9-2-3-10(15)11(6-9)19-13(22)12(21)17-4-1-5-20-8-16-7-18-20/h2-3,6-8H,1,4-5H2,(H,17,21)(H,19,22). The van der Waals surface area contributed by atoms with Gasteiger partial charge in [0.25, 0.3) is 0 Å². The minimum Gasteiger partial charge on any atom is -0.348 e. The molecule has 0 saturated heterocycles. The maximum atomic E-state index is 13.4. The van der Waals surface area contributed by atoms with Gasteiger partial charge in [-0.25, -0.2) is 9.37 Å². The molecule has 2 aromatic rings. The number of hydrogen-bond acceptors (Lipinski definition) is 4. The van der Waals surface area contributed by atoms with Crippen LogP contribution in [0.15, 0.2) is 30.9 Å². The molecular formula is C13H13ClFN5O2. The number of aromatic nitrogens is 3. The largest absolute Gasteiger partial charge is 0.348 e. The molecule has 1 aromatic heterocycles. The van der Waals surface area contributed by atoms with Gasteiger partial charge in [-0.2, -0.15) is 5.10 Å². The fourth-order valence-corrected chi connectivity index (χ4v) is 1.82. The lowest BCUT2D eigenvalue weighted by Gasteiger charge is -2.07. The zero-order valence-electron chi connectivity index (χ0n) is 11.4. The average molecular weight is 326 g/mol. The SMILES string of the molecule is O=C(NCCCn1cncn1)C(=O)Nc1cc(Cl)ccc1F. The van der Waals surface area contributed by atoms with E-state index in [9.17, 15) is 14.0 Å². The van der Waals surface area contributed by atoms with Gasteiger partial charge in [0, 0.05) is 18.1 Å². The van der Waals surface area contributed by atoms with Crippen LogP contribution in [0.5, 0.6) is 0 Å². The molecule has 7 nitrogen and oxygen atoms in total. The third-order valence-corrected chi connectivity index (χ3v) is 2.93. The van der Waals surface area contributed by atoms with Gasteiger partial charge in [-0.05, 0) is 24.6 Å². The first-order valence-corrected chi connectivity index (χ1v) is 6.80. The Morgan fingerprint density at radius 2 is 2.14 bits per heavy atom. The van der Waals surface area contributed by atoms with Crippen molar-refractivity contribution in [1.29, 1.82) is 0 Å². The number of amides is 2. The first-order valence-electron chi connectivity index (χ1n) is 6.43. The minimum absolute atomic E-state index is 0.143. The van der Waals surface area contributed by atoms with Gasteiger partial charge >= 0.3 is 11.8 Å². The van der Waals surface area contributed by atoms with E-state index in [1.54, 1.807) is 11.0 Å². The number of nitrogens with zero attached hydrogens (tertiary/aromatic N) is 3. The van der Waals surface area contributed by atoms with Crippen LogP contribution in [-0.4, -0.2) is 33.1 Å². The van der Waals surface area contributed by atoms with Gasteiger partial charge in [0.15, 0.2) is 0 Å². The van der Waals surface area contributed by atoms with Crippen molar-refractivity contribution in [3.8, 4) is 0 Å². The summed E-state index contributed by atoms with van der Waals surface area (Å²) in [4.78, 5) is 27.0. The van der Waals surface area contributed by atoms with E-state index in [1.807, 2.05) is 0 Å². The molecule has 1 heterocycles. The van der Waals surface area contributed by atoms with Crippen LogP contribution in [0.4, 0.5) is 10.1 Å². The number of anilines is 1. The molecule has 0 radical (unpaired) electrons. The van der Waals surface area contributed by atoms with E-state index in [1.165, 1.54) is 18.5 Å². The number of hydrogen-bond donors (Lipinski definition) is 2. The molecule has 2 N–H and O–H groups in total. The Hall–Kier alpha value is -2.48. The van der Waals surface area contributed by atoms with Crippen molar-refractivity contribution in [1.82, 2.24) is 20.1 Å². The molecular weight excluding hydrogens is 313 g/mol. The highest BCUT2D eigenvalue weighted by Crippen LogP contribution is 2.19. The fraction of sp³-hybridized carbons (Fsp3) is 0.231. The van der Waals surface area contributed by atoms with E-state index in [4.69, 9.17) is 11.6 Å². The molecule has 0 unspecified atom stereocenters. The number of carbonyl (C=O) groups is 2. The van der Waals surface area contributed by atoms with Crippen molar-refractivity contribution in [3.63, 3.8) is 0 Å². The van der Waals surface area contributed by atoms with E-state index in [0.717, 1.165) is 6.07 Å². The van der Waals surface area contributed by atoms with Crippen LogP contribution in [0.3, 0.4) is 0 Å². The predicted octanol–water partition coefficient (Wildman–Crippen LogP) is 1.22. The van der Waals surface area contributed by atoms with Gasteiger partial charge in [0.2, 0.25) is 0 Å². The van der Waals surface area contributed by atoms with Gasteiger partial charge in [0.1, 0.15) is 18.5 Å². The van der Waals surface area contributed by atoms with E-state index in [0.29, 0.717) is 13.0 Å². The Morgan fingerprint density at radius 1 is 1.32 bits per heavy atom. The van der Waals surface area contributed by atoms with Gasteiger partial charge in [0.05, 0.1) is 5.69 Å². The lowest BCUT2D eigenvalue weighted by atomic mass is 10.3. The summed E-state index contributed by atoms with van der Waals surface area (Å²) in [5, 5.41) is 8.75. The Labute approximate surface area is 130 Å². The summed E-state index contributed by atoms with van der Waals surface area (Å²) in [6, 6.07) is 3.68. The molecule has 0 fully saturated rings. The maximum absolute atomic E-state index is 13.4. The van der Waals surface area contributed by atoms with Crippen molar-refractivity contribution in [2.75, 3.05) is 11.9 Å². The summed E-state index contributed by atoms with van der Waals surface area (Å²) in [5.74, 6) is -2.48. The highest BCUT2D eigenvalue weighted by Gasteiger charge is 2.15. The second kappa shape index (κ2) is 7.51. The Kier molecular flexibility index (Phi) is 5.42. The first kappa shape index (κ1) is 15.9. The van der Waals surface area contributed by atoms with E-state index >= 15 is 0 Å². The number of nitrogens with one attached hydrogen (secondary N) is 2. The molecule has 22 heavy (non-hydrogen) atoms. The summed E-state index contributed by atoms with van der Waals surface area (Å²) >= 11 is 5.70. The normalized spacial score (nSPS) is 10.3. The summed E-state index contributed by atoms with van der Waals surface area (Å²) in [7, 11) is 0. The molecule has 2 rings (SSSR count). The number of aryl methyl sites for hydroxylation is 1. The van der Waals surface area contributed by atoms with Gasteiger partial charge in [-0.3, -0.25) is 14.3 Å². The Bertz CT molecular complexity index is 662. The second-order valence-corrected chi connectivity index (χ2v) is 4.78. The van der Waals surface area contributed by atoms with E-state index < -0.39 is 17.6 Å². The molecule has 0 saturated carbocycles. The van der Waals surface area contributed by atoms with Crippen LogP contribution in [0, 0.1) is 5.82 Å². The average Bonchev–Trinajstić information content (AvgIpc) is 3.00. The zero-order chi connectivity index (χ0) is 15.9. The van der Waals surface area contributed by atoms with E-state index in [-0.39, 0.29) is 17.3 Å². The summed E-state index contributed by atoms with van der Waals surface area (Å²) in [6.07, 6.45) is 3.54. The molecule has 116 valence electrons. The number of halogens is 2. The van der Waals surface area contributed by atoms with Crippen molar-refractivity contribution < 1.29 is 14.0 Å². The van der Waals surface area contributed by atoms with Crippen LogP contribution in [0.25, 0.3) is 0 Å². The van der Waals surface area contributed by atoms with Gasteiger partial charge < -0.3 is 10.6 Å². The van der Waals surface area contributed by atoms with E-state index in [2.05, 4.69) is 20.7 Å². The molecule has 2 amide bonds. The predicted molar refractivity (Wildman–Crippen MR) is 77.7 cm³/mol. The maximum Gasteiger partial charge on any atom is 0.313 e. The lowest BCUT2D eigenvalue weighted by molar-refractivity contribution is -0.136. The molecule has 0 aliphatic carbocycles. The van der Waals surface area contributed by atoms with Gasteiger partial charge in [-0.15, -0.1) is 0 Å². The highest BCUT2D eigenvalue weighted by atomic mass is 35.5. The zero-order valence-corrected chi connectivity index (χ0v) is 12.2. The lowest BCUT2D eigenvalue weighted by Crippen LogP contribution is -2.36. The summed E-state index contributed by atoms with van der Waals surface area (Å²) in [6.45, 7) is 0.842. The Balaban J connectivity index is 1.77. The van der Waals surface area contributed by atoms with Crippen molar-refractivity contribution in [3.05, 3.63) is 41.7 Å². The summed E-state index contributed by atoms with van der Waals surface area (Å²) < 4.78 is 15.0. The molecule has 0 aliphatic rings. The molecule has 9 heteroatoms. The smallest absolute Gasteiger partial charge is 0.313 e. The van der Waals surface area contributed by atoms with Crippen molar-refractivity contribution in [2.24, 2.45) is 0 Å². The minimum atomic E-state index is -0.957. The van der Waals surface area contributed by atoms with Gasteiger partial charge in [-0.1, -0.05) is 11.6 Å².